The SMILES string of the molecule is CNCc1c(Cl)cccc1OCc1ccc(Cl)c(F)c1. The van der Waals surface area contributed by atoms with E-state index < -0.39 is 5.82 Å². The fourth-order valence-electron chi connectivity index (χ4n) is 1.81. The van der Waals surface area contributed by atoms with Gasteiger partial charge in [-0.1, -0.05) is 35.3 Å². The van der Waals surface area contributed by atoms with Gasteiger partial charge in [0.15, 0.2) is 0 Å². The zero-order valence-corrected chi connectivity index (χ0v) is 12.4. The molecule has 5 heteroatoms. The predicted molar refractivity (Wildman–Crippen MR) is 80.0 cm³/mol. The van der Waals surface area contributed by atoms with Crippen LogP contribution in [0.2, 0.25) is 10.0 Å². The molecule has 106 valence electrons. The Morgan fingerprint density at radius 3 is 2.65 bits per heavy atom. The molecule has 2 aromatic carbocycles. The third kappa shape index (κ3) is 3.63. The zero-order valence-electron chi connectivity index (χ0n) is 10.9. The van der Waals surface area contributed by atoms with Crippen molar-refractivity contribution in [2.75, 3.05) is 7.05 Å². The summed E-state index contributed by atoms with van der Waals surface area (Å²) in [4.78, 5) is 0. The summed E-state index contributed by atoms with van der Waals surface area (Å²) in [6.07, 6.45) is 0. The van der Waals surface area contributed by atoms with Crippen LogP contribution in [0.15, 0.2) is 36.4 Å². The Labute approximate surface area is 127 Å². The number of rotatable bonds is 5. The maximum Gasteiger partial charge on any atom is 0.142 e. The molecule has 0 amide bonds. The molecule has 0 atom stereocenters. The van der Waals surface area contributed by atoms with E-state index in [4.69, 9.17) is 27.9 Å². The first-order valence-electron chi connectivity index (χ1n) is 6.10. The van der Waals surface area contributed by atoms with Gasteiger partial charge in [0.1, 0.15) is 18.2 Å². The van der Waals surface area contributed by atoms with E-state index in [-0.39, 0.29) is 11.6 Å². The molecule has 0 radical (unpaired) electrons. The summed E-state index contributed by atoms with van der Waals surface area (Å²) < 4.78 is 19.1. The normalized spacial score (nSPS) is 10.6. The van der Waals surface area contributed by atoms with Gasteiger partial charge in [0.25, 0.3) is 0 Å². The molecule has 0 aliphatic rings. The third-order valence-corrected chi connectivity index (χ3v) is 3.47. The lowest BCUT2D eigenvalue weighted by Crippen LogP contribution is -2.08. The summed E-state index contributed by atoms with van der Waals surface area (Å²) in [7, 11) is 1.84. The van der Waals surface area contributed by atoms with Gasteiger partial charge in [0.2, 0.25) is 0 Å². The van der Waals surface area contributed by atoms with Gasteiger partial charge in [-0.3, -0.25) is 0 Å². The van der Waals surface area contributed by atoms with Crippen molar-refractivity contribution < 1.29 is 9.13 Å². The molecule has 20 heavy (non-hydrogen) atoms. The highest BCUT2D eigenvalue weighted by Crippen LogP contribution is 2.27. The minimum atomic E-state index is -0.450. The van der Waals surface area contributed by atoms with Crippen LogP contribution >= 0.6 is 23.2 Å². The molecule has 1 N–H and O–H groups in total. The van der Waals surface area contributed by atoms with Crippen LogP contribution in [-0.4, -0.2) is 7.05 Å². The van der Waals surface area contributed by atoms with Gasteiger partial charge in [-0.05, 0) is 36.9 Å². The summed E-state index contributed by atoms with van der Waals surface area (Å²) >= 11 is 11.8. The minimum Gasteiger partial charge on any atom is -0.489 e. The van der Waals surface area contributed by atoms with Crippen LogP contribution in [-0.2, 0) is 13.2 Å². The maximum absolute atomic E-state index is 13.4. The molecule has 0 aliphatic heterocycles. The fraction of sp³-hybridized carbons (Fsp3) is 0.200. The fourth-order valence-corrected chi connectivity index (χ4v) is 2.16. The second-order valence-corrected chi connectivity index (χ2v) is 5.10. The lowest BCUT2D eigenvalue weighted by molar-refractivity contribution is 0.302. The number of hydrogen-bond acceptors (Lipinski definition) is 2. The van der Waals surface area contributed by atoms with E-state index in [0.29, 0.717) is 22.9 Å². The van der Waals surface area contributed by atoms with Crippen LogP contribution < -0.4 is 10.1 Å². The lowest BCUT2D eigenvalue weighted by atomic mass is 10.2. The van der Waals surface area contributed by atoms with Crippen molar-refractivity contribution in [3.05, 3.63) is 63.4 Å². The van der Waals surface area contributed by atoms with Crippen LogP contribution in [0.25, 0.3) is 0 Å². The van der Waals surface area contributed by atoms with E-state index in [9.17, 15) is 4.39 Å². The number of ether oxygens (including phenoxy) is 1. The molecule has 0 aliphatic carbocycles. The lowest BCUT2D eigenvalue weighted by Gasteiger charge is -2.13. The van der Waals surface area contributed by atoms with Crippen LogP contribution in [0.3, 0.4) is 0 Å². The van der Waals surface area contributed by atoms with Crippen molar-refractivity contribution in [3.63, 3.8) is 0 Å². The summed E-state index contributed by atoms with van der Waals surface area (Å²) in [5, 5.41) is 3.78. The average molecular weight is 314 g/mol. The van der Waals surface area contributed by atoms with E-state index >= 15 is 0 Å². The standard InChI is InChI=1S/C15H14Cl2FNO/c1-19-8-11-12(16)3-2-4-15(11)20-9-10-5-6-13(17)14(18)7-10/h2-7,19H,8-9H2,1H3. The molecule has 2 nitrogen and oxygen atoms in total. The van der Waals surface area contributed by atoms with Gasteiger partial charge in [0, 0.05) is 17.1 Å². The monoisotopic (exact) mass is 313 g/mol. The largest absolute Gasteiger partial charge is 0.489 e. The second-order valence-electron chi connectivity index (χ2n) is 4.28. The molecule has 0 spiro atoms. The number of benzene rings is 2. The number of hydrogen-bond donors (Lipinski definition) is 1. The van der Waals surface area contributed by atoms with E-state index in [1.54, 1.807) is 6.07 Å². The van der Waals surface area contributed by atoms with Crippen molar-refractivity contribution in [2.24, 2.45) is 0 Å². The van der Waals surface area contributed by atoms with Crippen molar-refractivity contribution in [1.29, 1.82) is 0 Å². The zero-order chi connectivity index (χ0) is 14.5. The van der Waals surface area contributed by atoms with Gasteiger partial charge in [-0.25, -0.2) is 4.39 Å². The molecule has 0 saturated carbocycles. The first-order chi connectivity index (χ1) is 9.61. The van der Waals surface area contributed by atoms with Gasteiger partial charge >= 0.3 is 0 Å². The number of nitrogens with one attached hydrogen (secondary N) is 1. The quantitative estimate of drug-likeness (QED) is 0.881. The van der Waals surface area contributed by atoms with Gasteiger partial charge in [0.05, 0.1) is 5.02 Å². The van der Waals surface area contributed by atoms with Crippen molar-refractivity contribution in [2.45, 2.75) is 13.2 Å². The Balaban J connectivity index is 2.14. The molecular weight excluding hydrogens is 300 g/mol. The highest BCUT2D eigenvalue weighted by Gasteiger charge is 2.08. The average Bonchev–Trinajstić information content (AvgIpc) is 2.43. The van der Waals surface area contributed by atoms with Gasteiger partial charge in [-0.2, -0.15) is 0 Å². The van der Waals surface area contributed by atoms with E-state index in [0.717, 1.165) is 5.56 Å². The van der Waals surface area contributed by atoms with Crippen molar-refractivity contribution in [3.8, 4) is 5.75 Å². The van der Waals surface area contributed by atoms with Crippen LogP contribution in [0.1, 0.15) is 11.1 Å². The summed E-state index contributed by atoms with van der Waals surface area (Å²) in [5.74, 6) is 0.233. The molecule has 0 heterocycles. The van der Waals surface area contributed by atoms with Crippen molar-refractivity contribution in [1.82, 2.24) is 5.32 Å². The molecule has 0 fully saturated rings. The summed E-state index contributed by atoms with van der Waals surface area (Å²) in [5.41, 5.74) is 1.59. The van der Waals surface area contributed by atoms with Crippen molar-refractivity contribution >= 4 is 23.2 Å². The smallest absolute Gasteiger partial charge is 0.142 e. The molecule has 0 aromatic heterocycles. The van der Waals surface area contributed by atoms with E-state index in [1.807, 2.05) is 25.2 Å². The number of halogens is 3. The Morgan fingerprint density at radius 2 is 1.95 bits per heavy atom. The van der Waals surface area contributed by atoms with Gasteiger partial charge in [-0.15, -0.1) is 0 Å². The first-order valence-corrected chi connectivity index (χ1v) is 6.86. The summed E-state index contributed by atoms with van der Waals surface area (Å²) in [6, 6.07) is 10.1. The van der Waals surface area contributed by atoms with Crippen LogP contribution in [0, 0.1) is 5.82 Å². The molecule has 0 saturated heterocycles. The second kappa shape index (κ2) is 6.93. The van der Waals surface area contributed by atoms with E-state index in [1.165, 1.54) is 12.1 Å². The minimum absolute atomic E-state index is 0.104. The Kier molecular flexibility index (Phi) is 5.24. The summed E-state index contributed by atoms with van der Waals surface area (Å²) in [6.45, 7) is 0.856. The molecule has 0 bridgehead atoms. The van der Waals surface area contributed by atoms with E-state index in [2.05, 4.69) is 5.32 Å². The first kappa shape index (κ1) is 15.1. The van der Waals surface area contributed by atoms with Crippen LogP contribution in [0.4, 0.5) is 4.39 Å². The van der Waals surface area contributed by atoms with Crippen LogP contribution in [0.5, 0.6) is 5.75 Å². The molecular formula is C15H14Cl2FNO. The predicted octanol–water partition coefficient (Wildman–Crippen LogP) is 4.43. The Bertz CT molecular complexity index is 604. The maximum atomic E-state index is 13.4. The Morgan fingerprint density at radius 1 is 1.15 bits per heavy atom. The highest BCUT2D eigenvalue weighted by molar-refractivity contribution is 6.31. The third-order valence-electron chi connectivity index (χ3n) is 2.81. The van der Waals surface area contributed by atoms with Gasteiger partial charge < -0.3 is 10.1 Å². The highest BCUT2D eigenvalue weighted by atomic mass is 35.5. The molecule has 0 unspecified atom stereocenters. The Hall–Kier alpha value is -1.29. The topological polar surface area (TPSA) is 21.3 Å². The molecule has 2 aromatic rings. The molecule has 2 rings (SSSR count).